The molecule has 0 bridgehead atoms. The highest BCUT2D eigenvalue weighted by Gasteiger charge is 2.45. The van der Waals surface area contributed by atoms with Gasteiger partial charge in [-0.05, 0) is 56.2 Å². The average Bonchev–Trinajstić information content (AvgIpc) is 3.71. The van der Waals surface area contributed by atoms with Gasteiger partial charge in [0.25, 0.3) is 5.92 Å². The molecule has 15 heteroatoms. The fraction of sp³-hybridized carbons (Fsp3) is 0.600. The molecule has 4 heterocycles. The number of carbonyl (C=O) groups excluding carboxylic acids is 2. The normalized spacial score (nSPS) is 20.8. The van der Waals surface area contributed by atoms with Crippen LogP contribution < -0.4 is 24.7 Å². The molecular formula is C30H39F2N7O5S. The van der Waals surface area contributed by atoms with Gasteiger partial charge in [0.2, 0.25) is 21.9 Å². The molecule has 3 aliphatic heterocycles. The zero-order valence-electron chi connectivity index (χ0n) is 25.5. The van der Waals surface area contributed by atoms with Crippen LogP contribution in [-0.4, -0.2) is 88.3 Å². The Balaban J connectivity index is 1.13. The number of hydrogen-bond donors (Lipinski definition) is 2. The van der Waals surface area contributed by atoms with Crippen molar-refractivity contribution < 1.29 is 31.5 Å². The summed E-state index contributed by atoms with van der Waals surface area (Å²) in [7, 11) is -2.81. The summed E-state index contributed by atoms with van der Waals surface area (Å²) in [6.45, 7) is 4.70. The molecule has 12 nitrogen and oxygen atoms in total. The van der Waals surface area contributed by atoms with Crippen molar-refractivity contribution in [2.24, 2.45) is 11.3 Å². The Bertz CT molecular complexity index is 1560. The molecule has 4 fully saturated rings. The van der Waals surface area contributed by atoms with E-state index in [1.54, 1.807) is 30.0 Å². The van der Waals surface area contributed by atoms with Crippen LogP contribution in [0.2, 0.25) is 0 Å². The van der Waals surface area contributed by atoms with Gasteiger partial charge in [-0.15, -0.1) is 0 Å². The number of amides is 1. The zero-order chi connectivity index (χ0) is 32.0. The molecule has 0 radical (unpaired) electrons. The van der Waals surface area contributed by atoms with Crippen molar-refractivity contribution in [2.45, 2.75) is 51.4 Å². The molecule has 1 saturated carbocycles. The number of ether oxygens (including phenoxy) is 1. The highest BCUT2D eigenvalue weighted by Crippen LogP contribution is 2.54. The van der Waals surface area contributed by atoms with Gasteiger partial charge in [0.15, 0.2) is 5.75 Å². The third-order valence-corrected chi connectivity index (χ3v) is 10.5. The molecular weight excluding hydrogens is 608 g/mol. The smallest absolute Gasteiger partial charge is 0.322 e. The lowest BCUT2D eigenvalue weighted by Crippen LogP contribution is -2.52. The third-order valence-electron chi connectivity index (χ3n) is 9.37. The molecule has 1 spiro atoms. The topological polar surface area (TPSA) is 137 Å². The molecule has 2 aromatic rings. The summed E-state index contributed by atoms with van der Waals surface area (Å²) in [5.41, 5.74) is 3.22. The van der Waals surface area contributed by atoms with Crippen molar-refractivity contribution in [1.29, 1.82) is 0 Å². The van der Waals surface area contributed by atoms with E-state index in [4.69, 9.17) is 0 Å². The number of hydrogen-bond acceptors (Lipinski definition) is 10. The minimum atomic E-state index is -3.95. The lowest BCUT2D eigenvalue weighted by atomic mass is 9.92. The molecule has 0 unspecified atom stereocenters. The molecule has 0 atom stereocenters. The fourth-order valence-electron chi connectivity index (χ4n) is 6.30. The van der Waals surface area contributed by atoms with Crippen molar-refractivity contribution in [1.82, 2.24) is 9.97 Å². The van der Waals surface area contributed by atoms with Crippen molar-refractivity contribution in [3.8, 4) is 0 Å². The van der Waals surface area contributed by atoms with E-state index in [1.165, 1.54) is 12.8 Å². The first-order valence-electron chi connectivity index (χ1n) is 15.3. The molecule has 244 valence electrons. The summed E-state index contributed by atoms with van der Waals surface area (Å²) < 4.78 is 59.4. The molecule has 4 aliphatic rings. The van der Waals surface area contributed by atoms with E-state index < -0.39 is 27.7 Å². The van der Waals surface area contributed by atoms with Crippen molar-refractivity contribution in [3.05, 3.63) is 30.0 Å². The number of sulfonamides is 1. The van der Waals surface area contributed by atoms with E-state index in [-0.39, 0.29) is 37.8 Å². The maximum absolute atomic E-state index is 13.6. The fourth-order valence-corrected chi connectivity index (χ4v) is 7.28. The third kappa shape index (κ3) is 7.23. The van der Waals surface area contributed by atoms with Crippen LogP contribution in [0.3, 0.4) is 0 Å². The lowest BCUT2D eigenvalue weighted by molar-refractivity contribution is -0.137. The molecule has 2 N–H and O–H groups in total. The standard InChI is InChI=1S/C30H39F2N7O5S/c1-20-15-25(35-28(33-20)38-13-9-30(31,32)10-14-38)34-27(41)21-17-39(18-21)23-4-3-22(36-45(42,43)19-26(40)44-2)16-24(23)37-11-7-29(5-6-29)8-12-37/h3-4,15-16,21,36H,5-14,17-19H2,1-2H3,(H,33,34,35,41). The molecule has 1 aliphatic carbocycles. The Labute approximate surface area is 261 Å². The molecule has 1 aromatic carbocycles. The lowest BCUT2D eigenvalue weighted by Gasteiger charge is -2.43. The van der Waals surface area contributed by atoms with Gasteiger partial charge >= 0.3 is 5.97 Å². The number of piperidine rings is 2. The number of aromatic nitrogens is 2. The number of esters is 1. The molecule has 1 amide bonds. The number of halogens is 2. The molecule has 45 heavy (non-hydrogen) atoms. The van der Waals surface area contributed by atoms with Gasteiger partial charge in [-0.1, -0.05) is 0 Å². The van der Waals surface area contributed by atoms with Crippen LogP contribution in [0, 0.1) is 18.3 Å². The summed E-state index contributed by atoms with van der Waals surface area (Å²) in [4.78, 5) is 39.7. The second-order valence-corrected chi connectivity index (χ2v) is 14.5. The minimum absolute atomic E-state index is 0.146. The first-order chi connectivity index (χ1) is 21.3. The monoisotopic (exact) mass is 647 g/mol. The quantitative estimate of drug-likeness (QED) is 0.390. The second kappa shape index (κ2) is 11.9. The van der Waals surface area contributed by atoms with E-state index in [0.717, 1.165) is 44.4 Å². The first kappa shape index (κ1) is 31.2. The molecule has 1 aromatic heterocycles. The summed E-state index contributed by atoms with van der Waals surface area (Å²) in [5, 5.41) is 2.89. The summed E-state index contributed by atoms with van der Waals surface area (Å²) >= 11 is 0. The Morgan fingerprint density at radius 1 is 0.933 bits per heavy atom. The minimum Gasteiger partial charge on any atom is -0.468 e. The predicted octanol–water partition coefficient (Wildman–Crippen LogP) is 3.39. The number of aryl methyl sites for hydroxylation is 1. The van der Waals surface area contributed by atoms with Crippen LogP contribution in [0.5, 0.6) is 0 Å². The average molecular weight is 648 g/mol. The highest BCUT2D eigenvalue weighted by atomic mass is 32.2. The van der Waals surface area contributed by atoms with Crippen LogP contribution in [0.4, 0.5) is 37.6 Å². The highest BCUT2D eigenvalue weighted by molar-refractivity contribution is 7.93. The number of rotatable bonds is 9. The molecule has 6 rings (SSSR count). The van der Waals surface area contributed by atoms with Gasteiger partial charge in [-0.25, -0.2) is 22.2 Å². The van der Waals surface area contributed by atoms with Gasteiger partial charge in [-0.3, -0.25) is 14.3 Å². The zero-order valence-corrected chi connectivity index (χ0v) is 26.3. The maximum atomic E-state index is 13.6. The summed E-state index contributed by atoms with van der Waals surface area (Å²) in [6, 6.07) is 6.97. The van der Waals surface area contributed by atoms with Gasteiger partial charge in [0.05, 0.1) is 30.1 Å². The number of alkyl halides is 2. The van der Waals surface area contributed by atoms with Gasteiger partial charge in [0.1, 0.15) is 5.82 Å². The largest absolute Gasteiger partial charge is 0.468 e. The Morgan fingerprint density at radius 3 is 2.24 bits per heavy atom. The summed E-state index contributed by atoms with van der Waals surface area (Å²) in [6.07, 6.45) is 4.15. The van der Waals surface area contributed by atoms with Crippen LogP contribution in [0.15, 0.2) is 24.3 Å². The van der Waals surface area contributed by atoms with E-state index in [2.05, 4.69) is 34.5 Å². The van der Waals surface area contributed by atoms with Crippen molar-refractivity contribution in [3.63, 3.8) is 0 Å². The maximum Gasteiger partial charge on any atom is 0.322 e. The van der Waals surface area contributed by atoms with Crippen LogP contribution in [-0.2, 0) is 24.3 Å². The van der Waals surface area contributed by atoms with Crippen molar-refractivity contribution in [2.75, 3.05) is 76.9 Å². The Kier molecular flexibility index (Phi) is 8.25. The number of benzene rings is 1. The molecule has 3 saturated heterocycles. The summed E-state index contributed by atoms with van der Waals surface area (Å²) in [5.74, 6) is -4.14. The van der Waals surface area contributed by atoms with Gasteiger partial charge < -0.3 is 24.8 Å². The number of methoxy groups -OCH3 is 1. The SMILES string of the molecule is COC(=O)CS(=O)(=O)Nc1ccc(N2CC(C(=O)Nc3cc(C)nc(N4CCC(F)(F)CC4)n3)C2)c(N2CCC3(CC2)CC3)c1. The van der Waals surface area contributed by atoms with E-state index in [9.17, 15) is 26.8 Å². The van der Waals surface area contributed by atoms with Crippen molar-refractivity contribution >= 4 is 50.7 Å². The predicted molar refractivity (Wildman–Crippen MR) is 166 cm³/mol. The van der Waals surface area contributed by atoms with Crippen LogP contribution in [0.1, 0.15) is 44.2 Å². The first-order valence-corrected chi connectivity index (χ1v) is 17.0. The van der Waals surface area contributed by atoms with Crippen LogP contribution >= 0.6 is 0 Å². The number of carbonyl (C=O) groups is 2. The van der Waals surface area contributed by atoms with E-state index in [0.29, 0.717) is 41.7 Å². The Hall–Kier alpha value is -3.75. The van der Waals surface area contributed by atoms with E-state index in [1.807, 2.05) is 6.07 Å². The number of anilines is 5. The Morgan fingerprint density at radius 2 is 1.60 bits per heavy atom. The van der Waals surface area contributed by atoms with Crippen LogP contribution in [0.25, 0.3) is 0 Å². The number of nitrogens with one attached hydrogen (secondary N) is 2. The second-order valence-electron chi connectivity index (χ2n) is 12.8. The van der Waals surface area contributed by atoms with Gasteiger partial charge in [-0.2, -0.15) is 4.98 Å². The van der Waals surface area contributed by atoms with Gasteiger partial charge in [0, 0.05) is 63.9 Å². The number of nitrogens with zero attached hydrogens (tertiary/aromatic N) is 5. The van der Waals surface area contributed by atoms with E-state index >= 15 is 0 Å².